The van der Waals surface area contributed by atoms with Crippen molar-refractivity contribution < 1.29 is 0 Å². The van der Waals surface area contributed by atoms with Gasteiger partial charge in [-0.05, 0) is 35.4 Å². The molecule has 0 amide bonds. The summed E-state index contributed by atoms with van der Waals surface area (Å²) in [6, 6.07) is 54.7. The van der Waals surface area contributed by atoms with E-state index < -0.39 is 0 Å². The van der Waals surface area contributed by atoms with Crippen molar-refractivity contribution in [3.63, 3.8) is 0 Å². The molecule has 3 heteroatoms. The lowest BCUT2D eigenvalue weighted by Crippen LogP contribution is -2.00. The molecule has 10 rings (SSSR count). The van der Waals surface area contributed by atoms with Crippen LogP contribution in [0.4, 0.5) is 0 Å². The van der Waals surface area contributed by atoms with Crippen LogP contribution in [0.5, 0.6) is 0 Å². The molecule has 210 valence electrons. The van der Waals surface area contributed by atoms with Crippen LogP contribution in [0.2, 0.25) is 0 Å². The lowest BCUT2D eigenvalue weighted by atomic mass is 9.95. The molecule has 0 bridgehead atoms. The molecule has 7 aromatic carbocycles. The lowest BCUT2D eigenvalue weighted by molar-refractivity contribution is 1.18. The van der Waals surface area contributed by atoms with Crippen molar-refractivity contribution in [2.75, 3.05) is 0 Å². The lowest BCUT2D eigenvalue weighted by Gasteiger charge is -2.19. The fourth-order valence-corrected chi connectivity index (χ4v) is 7.55. The summed E-state index contributed by atoms with van der Waals surface area (Å²) in [7, 11) is 0. The Bertz CT molecular complexity index is 2560. The second kappa shape index (κ2) is 9.22. The van der Waals surface area contributed by atoms with Gasteiger partial charge < -0.3 is 14.5 Å². The van der Waals surface area contributed by atoms with Crippen LogP contribution >= 0.6 is 0 Å². The molecule has 3 aromatic heterocycles. The summed E-state index contributed by atoms with van der Waals surface area (Å²) in [4.78, 5) is 7.68. The quantitative estimate of drug-likeness (QED) is 0.211. The Hall–Kier alpha value is -6.06. The summed E-state index contributed by atoms with van der Waals surface area (Å²) < 4.78 is 2.51. The average molecular weight is 574 g/mol. The molecule has 0 saturated heterocycles. The molecular formula is C42H27N3. The van der Waals surface area contributed by atoms with Gasteiger partial charge in [-0.2, -0.15) is 0 Å². The first kappa shape index (κ1) is 24.4. The molecule has 10 aromatic rings. The van der Waals surface area contributed by atoms with E-state index in [0.717, 1.165) is 11.0 Å². The fraction of sp³-hybridized carbons (Fsp3) is 0. The first-order valence-electron chi connectivity index (χ1n) is 15.5. The molecule has 0 saturated carbocycles. The largest absolute Gasteiger partial charge is 0.354 e. The summed E-state index contributed by atoms with van der Waals surface area (Å²) in [5, 5.41) is 7.44. The molecule has 0 aliphatic heterocycles. The molecule has 45 heavy (non-hydrogen) atoms. The Morgan fingerprint density at radius 2 is 0.800 bits per heavy atom. The van der Waals surface area contributed by atoms with Gasteiger partial charge in [-0.25, -0.2) is 0 Å². The van der Waals surface area contributed by atoms with E-state index in [2.05, 4.69) is 166 Å². The summed E-state index contributed by atoms with van der Waals surface area (Å²) in [6.45, 7) is 0. The summed E-state index contributed by atoms with van der Waals surface area (Å²) in [6.07, 6.45) is 0. The number of H-pyrrole nitrogens is 2. The predicted octanol–water partition coefficient (Wildman–Crippen LogP) is 11.4. The van der Waals surface area contributed by atoms with Crippen molar-refractivity contribution in [2.45, 2.75) is 0 Å². The normalized spacial score (nSPS) is 12.0. The van der Waals surface area contributed by atoms with Gasteiger partial charge in [-0.15, -0.1) is 0 Å². The maximum atomic E-state index is 3.84. The van der Waals surface area contributed by atoms with Gasteiger partial charge in [-0.3, -0.25) is 0 Å². The molecule has 0 unspecified atom stereocenters. The van der Waals surface area contributed by atoms with Crippen LogP contribution in [0.25, 0.3) is 93.4 Å². The van der Waals surface area contributed by atoms with E-state index >= 15 is 0 Å². The maximum absolute atomic E-state index is 3.84. The number of aromatic nitrogens is 3. The number of benzene rings is 7. The Labute approximate surface area is 259 Å². The third-order valence-corrected chi connectivity index (χ3v) is 9.48. The SMILES string of the molecule is c1ccc(-c2cccc(-c3ccccc3)c2-n2c3ccc4c5ccccc5[nH]c4c3c3c4[nH]c5ccccc5c4ccc32)cc1. The Kier molecular flexibility index (Phi) is 5.00. The van der Waals surface area contributed by atoms with Gasteiger partial charge >= 0.3 is 0 Å². The van der Waals surface area contributed by atoms with Crippen LogP contribution in [-0.4, -0.2) is 14.5 Å². The molecule has 0 atom stereocenters. The van der Waals surface area contributed by atoms with Crippen molar-refractivity contribution >= 4 is 65.4 Å². The predicted molar refractivity (Wildman–Crippen MR) is 190 cm³/mol. The fourth-order valence-electron chi connectivity index (χ4n) is 7.55. The van der Waals surface area contributed by atoms with E-state index in [1.54, 1.807) is 0 Å². The summed E-state index contributed by atoms with van der Waals surface area (Å²) >= 11 is 0. The minimum atomic E-state index is 1.15. The number of aromatic amines is 2. The molecule has 0 aliphatic carbocycles. The molecule has 0 fully saturated rings. The summed E-state index contributed by atoms with van der Waals surface area (Å²) in [5.41, 5.74) is 13.0. The highest BCUT2D eigenvalue weighted by molar-refractivity contribution is 6.32. The van der Waals surface area contributed by atoms with Crippen molar-refractivity contribution in [3.05, 3.63) is 152 Å². The average Bonchev–Trinajstić information content (AvgIpc) is 3.78. The smallest absolute Gasteiger partial charge is 0.0618 e. The minimum absolute atomic E-state index is 1.15. The second-order valence-electron chi connectivity index (χ2n) is 11.9. The van der Waals surface area contributed by atoms with E-state index in [-0.39, 0.29) is 0 Å². The van der Waals surface area contributed by atoms with Crippen molar-refractivity contribution in [3.8, 4) is 27.9 Å². The number of para-hydroxylation sites is 3. The highest BCUT2D eigenvalue weighted by Gasteiger charge is 2.24. The highest BCUT2D eigenvalue weighted by atomic mass is 15.0. The van der Waals surface area contributed by atoms with Gasteiger partial charge in [0.05, 0.1) is 27.8 Å². The van der Waals surface area contributed by atoms with E-state index in [1.807, 2.05) is 0 Å². The summed E-state index contributed by atoms with van der Waals surface area (Å²) in [5.74, 6) is 0. The first-order valence-corrected chi connectivity index (χ1v) is 15.5. The van der Waals surface area contributed by atoms with Crippen LogP contribution in [0.15, 0.2) is 152 Å². The molecular weight excluding hydrogens is 546 g/mol. The first-order chi connectivity index (χ1) is 22.3. The van der Waals surface area contributed by atoms with E-state index in [9.17, 15) is 0 Å². The van der Waals surface area contributed by atoms with Crippen LogP contribution in [0.1, 0.15) is 0 Å². The van der Waals surface area contributed by atoms with Crippen LogP contribution in [0.3, 0.4) is 0 Å². The molecule has 3 heterocycles. The number of hydrogen-bond acceptors (Lipinski definition) is 0. The Morgan fingerprint density at radius 3 is 1.29 bits per heavy atom. The zero-order valence-electron chi connectivity index (χ0n) is 24.4. The van der Waals surface area contributed by atoms with E-state index in [1.165, 1.54) is 82.3 Å². The molecule has 2 N–H and O–H groups in total. The highest BCUT2D eigenvalue weighted by Crippen LogP contribution is 2.46. The van der Waals surface area contributed by atoms with Crippen LogP contribution in [-0.2, 0) is 0 Å². The van der Waals surface area contributed by atoms with Gasteiger partial charge in [0.1, 0.15) is 0 Å². The standard InChI is InChI=1S/C42H27N3/c1-3-12-26(13-4-1)28-18-11-19-29(27-14-5-2-6-15-27)42(28)45-36-24-22-32-30-16-7-9-20-34(30)43-40(32)38(36)39-37(45)25-23-33-31-17-8-10-21-35(31)44-41(33)39/h1-25,43-44H. The second-order valence-corrected chi connectivity index (χ2v) is 11.9. The number of rotatable bonds is 3. The topological polar surface area (TPSA) is 36.5 Å². The Balaban J connectivity index is 1.46. The number of fused-ring (bicyclic) bond motifs is 11. The van der Waals surface area contributed by atoms with Gasteiger partial charge in [0, 0.05) is 54.5 Å². The van der Waals surface area contributed by atoms with Crippen molar-refractivity contribution in [1.29, 1.82) is 0 Å². The van der Waals surface area contributed by atoms with Gasteiger partial charge in [0.2, 0.25) is 0 Å². The van der Waals surface area contributed by atoms with Crippen molar-refractivity contribution in [1.82, 2.24) is 14.5 Å². The third kappa shape index (κ3) is 3.41. The molecule has 0 aliphatic rings. The zero-order chi connectivity index (χ0) is 29.5. The van der Waals surface area contributed by atoms with Crippen LogP contribution < -0.4 is 0 Å². The van der Waals surface area contributed by atoms with E-state index in [4.69, 9.17) is 0 Å². The Morgan fingerprint density at radius 1 is 0.356 bits per heavy atom. The van der Waals surface area contributed by atoms with Crippen molar-refractivity contribution in [2.24, 2.45) is 0 Å². The van der Waals surface area contributed by atoms with Gasteiger partial charge in [0.25, 0.3) is 0 Å². The number of nitrogens with zero attached hydrogens (tertiary/aromatic N) is 1. The van der Waals surface area contributed by atoms with E-state index in [0.29, 0.717) is 0 Å². The molecule has 3 nitrogen and oxygen atoms in total. The van der Waals surface area contributed by atoms with Gasteiger partial charge in [-0.1, -0.05) is 127 Å². The number of hydrogen-bond donors (Lipinski definition) is 2. The molecule has 0 radical (unpaired) electrons. The van der Waals surface area contributed by atoms with Gasteiger partial charge in [0.15, 0.2) is 0 Å². The molecule has 0 spiro atoms. The van der Waals surface area contributed by atoms with Crippen LogP contribution in [0, 0.1) is 0 Å². The third-order valence-electron chi connectivity index (χ3n) is 9.48. The maximum Gasteiger partial charge on any atom is 0.0618 e. The minimum Gasteiger partial charge on any atom is -0.354 e. The zero-order valence-corrected chi connectivity index (χ0v) is 24.4. The monoisotopic (exact) mass is 573 g/mol. The number of nitrogens with one attached hydrogen (secondary N) is 2.